The van der Waals surface area contributed by atoms with Gasteiger partial charge in [0.2, 0.25) is 0 Å². The SMILES string of the molecule is CCCCCCc1ccc(NC(=O)c2cccc(F)c2)cc1. The monoisotopic (exact) mass is 299 g/mol. The first-order valence-corrected chi connectivity index (χ1v) is 7.85. The number of hydrogen-bond donors (Lipinski definition) is 1. The van der Waals surface area contributed by atoms with Crippen LogP contribution in [0.5, 0.6) is 0 Å². The molecule has 2 nitrogen and oxygen atoms in total. The van der Waals surface area contributed by atoms with Crippen LogP contribution in [0.2, 0.25) is 0 Å². The highest BCUT2D eigenvalue weighted by molar-refractivity contribution is 6.04. The molecule has 0 unspecified atom stereocenters. The van der Waals surface area contributed by atoms with Gasteiger partial charge in [0, 0.05) is 11.3 Å². The topological polar surface area (TPSA) is 29.1 Å². The van der Waals surface area contributed by atoms with Crippen molar-refractivity contribution in [3.05, 3.63) is 65.5 Å². The number of unbranched alkanes of at least 4 members (excludes halogenated alkanes) is 3. The van der Waals surface area contributed by atoms with Crippen molar-refractivity contribution in [2.75, 3.05) is 5.32 Å². The number of carbonyl (C=O) groups excluding carboxylic acids is 1. The Labute approximate surface area is 131 Å². The van der Waals surface area contributed by atoms with E-state index in [-0.39, 0.29) is 5.91 Å². The molecule has 1 amide bonds. The van der Waals surface area contributed by atoms with Crippen LogP contribution in [-0.2, 0) is 6.42 Å². The Bertz CT molecular complexity index is 607. The van der Waals surface area contributed by atoms with Gasteiger partial charge < -0.3 is 5.32 Å². The number of aryl methyl sites for hydroxylation is 1. The van der Waals surface area contributed by atoms with E-state index in [9.17, 15) is 9.18 Å². The third-order valence-electron chi connectivity index (χ3n) is 3.62. The van der Waals surface area contributed by atoms with Crippen LogP contribution in [-0.4, -0.2) is 5.91 Å². The summed E-state index contributed by atoms with van der Waals surface area (Å²) in [7, 11) is 0. The standard InChI is InChI=1S/C19H22FNO/c1-2-3-4-5-7-15-10-12-18(13-11-15)21-19(22)16-8-6-9-17(20)14-16/h6,8-14H,2-5,7H2,1H3,(H,21,22). The average Bonchev–Trinajstić information content (AvgIpc) is 2.53. The zero-order chi connectivity index (χ0) is 15.8. The molecule has 2 aromatic rings. The van der Waals surface area contributed by atoms with Crippen LogP contribution in [0.1, 0.15) is 48.5 Å². The predicted molar refractivity (Wildman–Crippen MR) is 88.6 cm³/mol. The molecule has 0 aliphatic carbocycles. The molecule has 2 rings (SSSR count). The summed E-state index contributed by atoms with van der Waals surface area (Å²) in [6.07, 6.45) is 6.04. The highest BCUT2D eigenvalue weighted by Crippen LogP contribution is 2.14. The molecule has 2 aromatic carbocycles. The van der Waals surface area contributed by atoms with Gasteiger partial charge in [-0.25, -0.2) is 4.39 Å². The minimum absolute atomic E-state index is 0.296. The molecule has 0 radical (unpaired) electrons. The second kappa shape index (κ2) is 8.32. The molecule has 0 saturated heterocycles. The summed E-state index contributed by atoms with van der Waals surface area (Å²) in [5.74, 6) is -0.703. The molecule has 116 valence electrons. The number of hydrogen-bond acceptors (Lipinski definition) is 1. The van der Waals surface area contributed by atoms with Crippen molar-refractivity contribution < 1.29 is 9.18 Å². The molecule has 1 N–H and O–H groups in total. The Morgan fingerprint density at radius 1 is 1.05 bits per heavy atom. The van der Waals surface area contributed by atoms with Gasteiger partial charge in [0.1, 0.15) is 5.82 Å². The fourth-order valence-corrected chi connectivity index (χ4v) is 2.34. The first-order valence-electron chi connectivity index (χ1n) is 7.85. The van der Waals surface area contributed by atoms with E-state index in [1.165, 1.54) is 49.4 Å². The second-order valence-electron chi connectivity index (χ2n) is 5.47. The highest BCUT2D eigenvalue weighted by Gasteiger charge is 2.06. The Morgan fingerprint density at radius 3 is 2.50 bits per heavy atom. The molecule has 0 saturated carbocycles. The molecular weight excluding hydrogens is 277 g/mol. The Hall–Kier alpha value is -2.16. The number of benzene rings is 2. The van der Waals surface area contributed by atoms with Gasteiger partial charge in [-0.15, -0.1) is 0 Å². The number of rotatable bonds is 7. The molecular formula is C19H22FNO. The lowest BCUT2D eigenvalue weighted by molar-refractivity contribution is 0.102. The molecule has 3 heteroatoms. The predicted octanol–water partition coefficient (Wildman–Crippen LogP) is 5.20. The maximum Gasteiger partial charge on any atom is 0.255 e. The molecule has 0 spiro atoms. The number of carbonyl (C=O) groups is 1. The normalized spacial score (nSPS) is 10.5. The average molecular weight is 299 g/mol. The maximum atomic E-state index is 13.1. The molecule has 0 fully saturated rings. The first kappa shape index (κ1) is 16.2. The molecule has 0 atom stereocenters. The lowest BCUT2D eigenvalue weighted by Gasteiger charge is -2.07. The number of nitrogens with one attached hydrogen (secondary N) is 1. The number of anilines is 1. The second-order valence-corrected chi connectivity index (χ2v) is 5.47. The Kier molecular flexibility index (Phi) is 6.13. The van der Waals surface area contributed by atoms with Crippen molar-refractivity contribution in [1.82, 2.24) is 0 Å². The lowest BCUT2D eigenvalue weighted by Crippen LogP contribution is -2.11. The van der Waals surface area contributed by atoms with E-state index in [2.05, 4.69) is 12.2 Å². The minimum Gasteiger partial charge on any atom is -0.322 e. The van der Waals surface area contributed by atoms with E-state index in [1.54, 1.807) is 6.07 Å². The Morgan fingerprint density at radius 2 is 1.82 bits per heavy atom. The van der Waals surface area contributed by atoms with Crippen LogP contribution in [0.15, 0.2) is 48.5 Å². The zero-order valence-electron chi connectivity index (χ0n) is 12.9. The summed E-state index contributed by atoms with van der Waals surface area (Å²) in [6, 6.07) is 13.5. The third-order valence-corrected chi connectivity index (χ3v) is 3.62. The van der Waals surface area contributed by atoms with Gasteiger partial charge in [-0.2, -0.15) is 0 Å². The van der Waals surface area contributed by atoms with Gasteiger partial charge >= 0.3 is 0 Å². The third kappa shape index (κ3) is 4.99. The minimum atomic E-state index is -0.407. The molecule has 0 aliphatic heterocycles. The van der Waals surface area contributed by atoms with Crippen LogP contribution in [0.25, 0.3) is 0 Å². The van der Waals surface area contributed by atoms with Crippen LogP contribution in [0.3, 0.4) is 0 Å². The summed E-state index contributed by atoms with van der Waals surface area (Å²) >= 11 is 0. The molecule has 0 heterocycles. The zero-order valence-corrected chi connectivity index (χ0v) is 12.9. The largest absolute Gasteiger partial charge is 0.322 e. The van der Waals surface area contributed by atoms with E-state index in [4.69, 9.17) is 0 Å². The maximum absolute atomic E-state index is 13.1. The van der Waals surface area contributed by atoms with Crippen molar-refractivity contribution in [2.45, 2.75) is 39.0 Å². The first-order chi connectivity index (χ1) is 10.7. The van der Waals surface area contributed by atoms with E-state index in [0.717, 1.165) is 12.1 Å². The summed E-state index contributed by atoms with van der Waals surface area (Å²) in [5.41, 5.74) is 2.33. The van der Waals surface area contributed by atoms with Crippen LogP contribution in [0.4, 0.5) is 10.1 Å². The van der Waals surface area contributed by atoms with Crippen LogP contribution in [0, 0.1) is 5.82 Å². The van der Waals surface area contributed by atoms with E-state index < -0.39 is 5.82 Å². The highest BCUT2D eigenvalue weighted by atomic mass is 19.1. The van der Waals surface area contributed by atoms with Crippen molar-refractivity contribution in [2.24, 2.45) is 0 Å². The Balaban J connectivity index is 1.89. The number of halogens is 1. The summed E-state index contributed by atoms with van der Waals surface area (Å²) < 4.78 is 13.1. The summed E-state index contributed by atoms with van der Waals surface area (Å²) in [6.45, 7) is 2.20. The summed E-state index contributed by atoms with van der Waals surface area (Å²) in [4.78, 5) is 12.0. The van der Waals surface area contributed by atoms with E-state index in [0.29, 0.717) is 5.56 Å². The van der Waals surface area contributed by atoms with Gasteiger partial charge in [-0.05, 0) is 48.7 Å². The molecule has 0 aromatic heterocycles. The smallest absolute Gasteiger partial charge is 0.255 e. The van der Waals surface area contributed by atoms with Crippen molar-refractivity contribution in [3.8, 4) is 0 Å². The van der Waals surface area contributed by atoms with Gasteiger partial charge in [-0.1, -0.05) is 44.4 Å². The van der Waals surface area contributed by atoms with Gasteiger partial charge in [0.05, 0.1) is 0 Å². The van der Waals surface area contributed by atoms with Crippen LogP contribution >= 0.6 is 0 Å². The molecule has 0 aliphatic rings. The lowest BCUT2D eigenvalue weighted by atomic mass is 10.1. The quantitative estimate of drug-likeness (QED) is 0.699. The van der Waals surface area contributed by atoms with Gasteiger partial charge in [0.25, 0.3) is 5.91 Å². The van der Waals surface area contributed by atoms with Gasteiger partial charge in [0.15, 0.2) is 0 Å². The van der Waals surface area contributed by atoms with E-state index in [1.807, 2.05) is 24.3 Å². The van der Waals surface area contributed by atoms with Gasteiger partial charge in [-0.3, -0.25) is 4.79 Å². The van der Waals surface area contributed by atoms with Crippen LogP contribution < -0.4 is 5.32 Å². The molecule has 0 bridgehead atoms. The summed E-state index contributed by atoms with van der Waals surface area (Å²) in [5, 5.41) is 2.78. The molecule has 22 heavy (non-hydrogen) atoms. The van der Waals surface area contributed by atoms with E-state index >= 15 is 0 Å². The van der Waals surface area contributed by atoms with Crippen molar-refractivity contribution in [1.29, 1.82) is 0 Å². The fraction of sp³-hybridized carbons (Fsp3) is 0.316. The van der Waals surface area contributed by atoms with Crippen molar-refractivity contribution in [3.63, 3.8) is 0 Å². The van der Waals surface area contributed by atoms with Crippen molar-refractivity contribution >= 4 is 11.6 Å². The fourth-order valence-electron chi connectivity index (χ4n) is 2.34. The number of amides is 1.